The van der Waals surface area contributed by atoms with Crippen molar-refractivity contribution in [2.24, 2.45) is 5.41 Å². The van der Waals surface area contributed by atoms with Crippen LogP contribution in [0.5, 0.6) is 0 Å². The Morgan fingerprint density at radius 1 is 1.41 bits per heavy atom. The first-order chi connectivity index (χ1) is 8.09. The maximum absolute atomic E-state index is 4.31. The Hall–Kier alpha value is -1.16. The van der Waals surface area contributed by atoms with Crippen molar-refractivity contribution in [2.45, 2.75) is 39.7 Å². The van der Waals surface area contributed by atoms with Gasteiger partial charge in [0.2, 0.25) is 0 Å². The lowest BCUT2D eigenvalue weighted by Crippen LogP contribution is -2.50. The molecule has 1 atom stereocenters. The first kappa shape index (κ1) is 12.3. The van der Waals surface area contributed by atoms with Gasteiger partial charge < -0.3 is 10.6 Å². The molecule has 1 aromatic heterocycles. The number of hydrogen-bond acceptors (Lipinski definition) is 4. The predicted molar refractivity (Wildman–Crippen MR) is 70.1 cm³/mol. The van der Waals surface area contributed by atoms with Crippen molar-refractivity contribution in [1.29, 1.82) is 0 Å². The summed E-state index contributed by atoms with van der Waals surface area (Å²) < 4.78 is 0. The number of rotatable bonds is 3. The maximum Gasteiger partial charge on any atom is 0.147 e. The van der Waals surface area contributed by atoms with E-state index in [1.165, 1.54) is 12.8 Å². The third-order valence-electron chi connectivity index (χ3n) is 3.69. The molecule has 1 aliphatic heterocycles. The number of piperidine rings is 1. The zero-order valence-corrected chi connectivity index (χ0v) is 11.0. The van der Waals surface area contributed by atoms with Crippen LogP contribution >= 0.6 is 0 Å². The summed E-state index contributed by atoms with van der Waals surface area (Å²) in [4.78, 5) is 8.54. The van der Waals surface area contributed by atoms with Crippen LogP contribution in [-0.4, -0.2) is 29.1 Å². The molecule has 1 saturated heterocycles. The highest BCUT2D eigenvalue weighted by molar-refractivity contribution is 5.38. The van der Waals surface area contributed by atoms with Gasteiger partial charge in [0.1, 0.15) is 5.82 Å². The third kappa shape index (κ3) is 2.94. The largest absolute Gasteiger partial charge is 0.367 e. The SMILES string of the molecule is Cc1nccnc1NCC1NCCCC1(C)C. The number of aromatic nitrogens is 2. The quantitative estimate of drug-likeness (QED) is 0.839. The molecule has 0 aromatic carbocycles. The second-order valence-corrected chi connectivity index (χ2v) is 5.47. The molecule has 0 bridgehead atoms. The molecule has 1 aromatic rings. The average Bonchev–Trinajstić information content (AvgIpc) is 2.29. The van der Waals surface area contributed by atoms with Crippen LogP contribution in [0, 0.1) is 12.3 Å². The van der Waals surface area contributed by atoms with E-state index in [1.807, 2.05) is 6.92 Å². The van der Waals surface area contributed by atoms with Gasteiger partial charge in [-0.05, 0) is 31.7 Å². The standard InChI is InChI=1S/C13H22N4/c1-10-12(16-8-7-14-10)17-9-11-13(2,3)5-4-6-15-11/h7-8,11,15H,4-6,9H2,1-3H3,(H,16,17). The monoisotopic (exact) mass is 234 g/mol. The van der Waals surface area contributed by atoms with Crippen molar-refractivity contribution < 1.29 is 0 Å². The van der Waals surface area contributed by atoms with Crippen LogP contribution in [-0.2, 0) is 0 Å². The molecule has 2 rings (SSSR count). The van der Waals surface area contributed by atoms with Crippen molar-refractivity contribution >= 4 is 5.82 Å². The van der Waals surface area contributed by atoms with Crippen molar-refractivity contribution in [3.05, 3.63) is 18.1 Å². The van der Waals surface area contributed by atoms with Crippen molar-refractivity contribution in [1.82, 2.24) is 15.3 Å². The molecular weight excluding hydrogens is 212 g/mol. The van der Waals surface area contributed by atoms with Crippen LogP contribution < -0.4 is 10.6 Å². The number of hydrogen-bond donors (Lipinski definition) is 2. The average molecular weight is 234 g/mol. The van der Waals surface area contributed by atoms with Crippen LogP contribution in [0.4, 0.5) is 5.82 Å². The lowest BCUT2D eigenvalue weighted by atomic mass is 9.77. The molecule has 4 nitrogen and oxygen atoms in total. The molecule has 0 amide bonds. The van der Waals surface area contributed by atoms with Gasteiger partial charge in [-0.2, -0.15) is 0 Å². The second-order valence-electron chi connectivity index (χ2n) is 5.47. The van der Waals surface area contributed by atoms with Gasteiger partial charge in [0.25, 0.3) is 0 Å². The van der Waals surface area contributed by atoms with Crippen molar-refractivity contribution in [3.8, 4) is 0 Å². The summed E-state index contributed by atoms with van der Waals surface area (Å²) in [6.07, 6.45) is 6.01. The molecule has 1 fully saturated rings. The fraction of sp³-hybridized carbons (Fsp3) is 0.692. The highest BCUT2D eigenvalue weighted by atomic mass is 15.1. The summed E-state index contributed by atoms with van der Waals surface area (Å²) in [7, 11) is 0. The Balaban J connectivity index is 1.96. The Bertz CT molecular complexity index is 375. The van der Waals surface area contributed by atoms with Crippen LogP contribution in [0.25, 0.3) is 0 Å². The van der Waals surface area contributed by atoms with Gasteiger partial charge in [0, 0.05) is 25.0 Å². The van der Waals surface area contributed by atoms with Gasteiger partial charge in [0.15, 0.2) is 0 Å². The van der Waals surface area contributed by atoms with Gasteiger partial charge in [-0.15, -0.1) is 0 Å². The lowest BCUT2D eigenvalue weighted by Gasteiger charge is -2.39. The highest BCUT2D eigenvalue weighted by Crippen LogP contribution is 2.30. The molecule has 1 aliphatic rings. The van der Waals surface area contributed by atoms with Crippen LogP contribution in [0.15, 0.2) is 12.4 Å². The van der Waals surface area contributed by atoms with E-state index in [9.17, 15) is 0 Å². The van der Waals surface area contributed by atoms with E-state index < -0.39 is 0 Å². The molecule has 2 N–H and O–H groups in total. The first-order valence-corrected chi connectivity index (χ1v) is 6.34. The molecular formula is C13H22N4. The van der Waals surface area contributed by atoms with Gasteiger partial charge in [-0.3, -0.25) is 4.98 Å². The summed E-state index contributed by atoms with van der Waals surface area (Å²) in [6, 6.07) is 0.498. The normalized spacial score (nSPS) is 23.4. The molecule has 4 heteroatoms. The maximum atomic E-state index is 4.31. The van der Waals surface area contributed by atoms with E-state index in [-0.39, 0.29) is 0 Å². The van der Waals surface area contributed by atoms with E-state index >= 15 is 0 Å². The lowest BCUT2D eigenvalue weighted by molar-refractivity contribution is 0.188. The summed E-state index contributed by atoms with van der Waals surface area (Å²) >= 11 is 0. The molecule has 94 valence electrons. The van der Waals surface area contributed by atoms with Gasteiger partial charge >= 0.3 is 0 Å². The molecule has 17 heavy (non-hydrogen) atoms. The molecule has 0 aliphatic carbocycles. The van der Waals surface area contributed by atoms with Crippen molar-refractivity contribution in [3.63, 3.8) is 0 Å². The Morgan fingerprint density at radius 3 is 2.88 bits per heavy atom. The fourth-order valence-corrected chi connectivity index (χ4v) is 2.40. The molecule has 1 unspecified atom stereocenters. The van der Waals surface area contributed by atoms with E-state index in [0.717, 1.165) is 24.6 Å². The van der Waals surface area contributed by atoms with E-state index in [4.69, 9.17) is 0 Å². The zero-order chi connectivity index (χ0) is 12.3. The van der Waals surface area contributed by atoms with Gasteiger partial charge in [-0.1, -0.05) is 13.8 Å². The smallest absolute Gasteiger partial charge is 0.147 e. The Morgan fingerprint density at radius 2 is 2.18 bits per heavy atom. The third-order valence-corrected chi connectivity index (χ3v) is 3.69. The van der Waals surface area contributed by atoms with Crippen molar-refractivity contribution in [2.75, 3.05) is 18.4 Å². The zero-order valence-electron chi connectivity index (χ0n) is 11.0. The number of anilines is 1. The van der Waals surface area contributed by atoms with Gasteiger partial charge in [0.05, 0.1) is 5.69 Å². The first-order valence-electron chi connectivity index (χ1n) is 6.34. The van der Waals surface area contributed by atoms with Crippen LogP contribution in [0.3, 0.4) is 0 Å². The minimum Gasteiger partial charge on any atom is -0.367 e. The Kier molecular flexibility index (Phi) is 3.62. The molecule has 0 radical (unpaired) electrons. The van der Waals surface area contributed by atoms with E-state index in [0.29, 0.717) is 11.5 Å². The predicted octanol–water partition coefficient (Wildman–Crippen LogP) is 1.98. The van der Waals surface area contributed by atoms with E-state index in [2.05, 4.69) is 34.4 Å². The molecule has 2 heterocycles. The number of nitrogens with one attached hydrogen (secondary N) is 2. The Labute approximate surface area is 103 Å². The topological polar surface area (TPSA) is 49.8 Å². The second kappa shape index (κ2) is 5.00. The van der Waals surface area contributed by atoms with Crippen LogP contribution in [0.1, 0.15) is 32.4 Å². The molecule has 0 saturated carbocycles. The number of aryl methyl sites for hydroxylation is 1. The summed E-state index contributed by atoms with van der Waals surface area (Å²) in [5.74, 6) is 0.899. The summed E-state index contributed by atoms with van der Waals surface area (Å²) in [5, 5.41) is 6.99. The minimum absolute atomic E-state index is 0.349. The van der Waals surface area contributed by atoms with E-state index in [1.54, 1.807) is 12.4 Å². The molecule has 0 spiro atoms. The highest BCUT2D eigenvalue weighted by Gasteiger charge is 2.31. The summed E-state index contributed by atoms with van der Waals surface area (Å²) in [5.41, 5.74) is 1.31. The van der Waals surface area contributed by atoms with Crippen LogP contribution in [0.2, 0.25) is 0 Å². The number of nitrogens with zero attached hydrogens (tertiary/aromatic N) is 2. The summed E-state index contributed by atoms with van der Waals surface area (Å²) in [6.45, 7) is 8.67. The van der Waals surface area contributed by atoms with Gasteiger partial charge in [-0.25, -0.2) is 4.98 Å². The minimum atomic E-state index is 0.349. The fourth-order valence-electron chi connectivity index (χ4n) is 2.40.